The number of pyridine rings is 1. The van der Waals surface area contributed by atoms with Crippen LogP contribution in [0.2, 0.25) is 0 Å². The number of aromatic nitrogens is 3. The number of hydrogen-bond acceptors (Lipinski definition) is 5. The Kier molecular flexibility index (Phi) is 3.33. The number of nitrogens with zero attached hydrogens (tertiary/aromatic N) is 2. The first-order valence-electron chi connectivity index (χ1n) is 6.23. The van der Waals surface area contributed by atoms with E-state index in [1.807, 2.05) is 17.5 Å². The number of aliphatic hydroxyl groups is 1. The highest BCUT2D eigenvalue weighted by atomic mass is 32.1. The van der Waals surface area contributed by atoms with E-state index in [0.29, 0.717) is 23.5 Å². The Hall–Kier alpha value is -2.05. The fourth-order valence-electron chi connectivity index (χ4n) is 2.13. The zero-order chi connectivity index (χ0) is 14.1. The number of hydrogen-bond donors (Lipinski definition) is 2. The quantitative estimate of drug-likeness (QED) is 0.771. The Balaban J connectivity index is 2.11. The van der Waals surface area contributed by atoms with Crippen LogP contribution >= 0.6 is 11.3 Å². The number of thiophene rings is 1. The Morgan fingerprint density at radius 1 is 1.45 bits per heavy atom. The summed E-state index contributed by atoms with van der Waals surface area (Å²) in [6.45, 7) is 1.72. The molecule has 0 spiro atoms. The standard InChI is InChI=1S/C14H13N3O2S/c1-8-10(2-4-18)14(19)17-13(16-8)9-6-12-11(15-7-9)3-5-20-12/h3,5-7,18H,2,4H2,1H3,(H,16,17,19). The average molecular weight is 287 g/mol. The van der Waals surface area contributed by atoms with Gasteiger partial charge in [0.1, 0.15) is 5.82 Å². The fourth-order valence-corrected chi connectivity index (χ4v) is 2.91. The molecule has 0 amide bonds. The first-order valence-corrected chi connectivity index (χ1v) is 7.11. The van der Waals surface area contributed by atoms with Gasteiger partial charge in [0.2, 0.25) is 0 Å². The monoisotopic (exact) mass is 287 g/mol. The van der Waals surface area contributed by atoms with E-state index in [1.54, 1.807) is 24.5 Å². The Labute approximate surface area is 119 Å². The maximum atomic E-state index is 12.0. The normalized spacial score (nSPS) is 11.1. The third kappa shape index (κ3) is 2.23. The molecular weight excluding hydrogens is 274 g/mol. The summed E-state index contributed by atoms with van der Waals surface area (Å²) in [5.74, 6) is 0.511. The summed E-state index contributed by atoms with van der Waals surface area (Å²) in [6, 6.07) is 3.92. The molecule has 3 rings (SSSR count). The topological polar surface area (TPSA) is 78.9 Å². The largest absolute Gasteiger partial charge is 0.396 e. The lowest BCUT2D eigenvalue weighted by Crippen LogP contribution is -2.18. The van der Waals surface area contributed by atoms with Gasteiger partial charge in [-0.2, -0.15) is 0 Å². The van der Waals surface area contributed by atoms with Crippen LogP contribution in [0.5, 0.6) is 0 Å². The van der Waals surface area contributed by atoms with Crippen molar-refractivity contribution in [1.29, 1.82) is 0 Å². The number of aliphatic hydroxyl groups excluding tert-OH is 1. The zero-order valence-electron chi connectivity index (χ0n) is 10.9. The minimum atomic E-state index is -0.201. The van der Waals surface area contributed by atoms with Crippen LogP contribution in [0.4, 0.5) is 0 Å². The number of fused-ring (bicyclic) bond motifs is 1. The molecule has 3 heterocycles. The number of aryl methyl sites for hydroxylation is 1. The Morgan fingerprint density at radius 2 is 2.30 bits per heavy atom. The van der Waals surface area contributed by atoms with Gasteiger partial charge in [-0.25, -0.2) is 4.98 Å². The highest BCUT2D eigenvalue weighted by molar-refractivity contribution is 7.17. The summed E-state index contributed by atoms with van der Waals surface area (Å²) in [6.07, 6.45) is 2.02. The van der Waals surface area contributed by atoms with Crippen molar-refractivity contribution in [3.63, 3.8) is 0 Å². The van der Waals surface area contributed by atoms with Crippen molar-refractivity contribution in [1.82, 2.24) is 15.0 Å². The van der Waals surface area contributed by atoms with Crippen molar-refractivity contribution in [2.24, 2.45) is 0 Å². The summed E-state index contributed by atoms with van der Waals surface area (Å²) in [5, 5.41) is 10.9. The molecule has 6 heteroatoms. The summed E-state index contributed by atoms with van der Waals surface area (Å²) in [7, 11) is 0. The molecule has 0 atom stereocenters. The number of aromatic amines is 1. The molecule has 3 aromatic heterocycles. The van der Waals surface area contributed by atoms with Gasteiger partial charge in [0.25, 0.3) is 5.56 Å². The van der Waals surface area contributed by atoms with E-state index in [1.165, 1.54) is 0 Å². The number of rotatable bonds is 3. The molecule has 3 aromatic rings. The molecule has 2 N–H and O–H groups in total. The van der Waals surface area contributed by atoms with Gasteiger partial charge in [0, 0.05) is 36.0 Å². The maximum Gasteiger partial charge on any atom is 0.254 e. The molecule has 5 nitrogen and oxygen atoms in total. The average Bonchev–Trinajstić information content (AvgIpc) is 2.90. The van der Waals surface area contributed by atoms with E-state index in [0.717, 1.165) is 15.8 Å². The molecule has 0 aliphatic carbocycles. The SMILES string of the molecule is Cc1nc(-c2cnc3ccsc3c2)[nH]c(=O)c1CCO. The van der Waals surface area contributed by atoms with Crippen LogP contribution in [0.3, 0.4) is 0 Å². The van der Waals surface area contributed by atoms with Crippen molar-refractivity contribution < 1.29 is 5.11 Å². The third-order valence-electron chi connectivity index (χ3n) is 3.16. The molecule has 0 unspecified atom stereocenters. The molecule has 0 radical (unpaired) electrons. The van der Waals surface area contributed by atoms with Crippen LogP contribution in [0, 0.1) is 6.92 Å². The van der Waals surface area contributed by atoms with E-state index in [2.05, 4.69) is 15.0 Å². The molecule has 0 fully saturated rings. The molecule has 0 saturated heterocycles. The predicted molar refractivity (Wildman–Crippen MR) is 79.0 cm³/mol. The molecule has 0 aromatic carbocycles. The van der Waals surface area contributed by atoms with Crippen LogP contribution < -0.4 is 5.56 Å². The highest BCUT2D eigenvalue weighted by Crippen LogP contribution is 2.23. The van der Waals surface area contributed by atoms with Crippen LogP contribution in [0.25, 0.3) is 21.6 Å². The van der Waals surface area contributed by atoms with Crippen LogP contribution in [-0.2, 0) is 6.42 Å². The van der Waals surface area contributed by atoms with Gasteiger partial charge in [-0.05, 0) is 24.4 Å². The van der Waals surface area contributed by atoms with Gasteiger partial charge in [0.05, 0.1) is 10.2 Å². The van der Waals surface area contributed by atoms with Crippen molar-refractivity contribution in [2.45, 2.75) is 13.3 Å². The number of nitrogens with one attached hydrogen (secondary N) is 1. The van der Waals surface area contributed by atoms with E-state index in [4.69, 9.17) is 5.11 Å². The molecule has 0 aliphatic heterocycles. The molecule has 0 saturated carbocycles. The third-order valence-corrected chi connectivity index (χ3v) is 4.01. The van der Waals surface area contributed by atoms with Gasteiger partial charge < -0.3 is 10.1 Å². The van der Waals surface area contributed by atoms with Gasteiger partial charge in [-0.1, -0.05) is 0 Å². The summed E-state index contributed by atoms with van der Waals surface area (Å²) in [4.78, 5) is 23.5. The van der Waals surface area contributed by atoms with Gasteiger partial charge in [0.15, 0.2) is 0 Å². The molecule has 0 aliphatic rings. The minimum Gasteiger partial charge on any atom is -0.396 e. The van der Waals surface area contributed by atoms with E-state index in [9.17, 15) is 4.79 Å². The lowest BCUT2D eigenvalue weighted by molar-refractivity contribution is 0.298. The van der Waals surface area contributed by atoms with Crippen LogP contribution in [0.1, 0.15) is 11.3 Å². The molecular formula is C14H13N3O2S. The fraction of sp³-hybridized carbons (Fsp3) is 0.214. The summed E-state index contributed by atoms with van der Waals surface area (Å²) in [5.41, 5.74) is 2.70. The first-order chi connectivity index (χ1) is 9.69. The maximum absolute atomic E-state index is 12.0. The van der Waals surface area contributed by atoms with Gasteiger partial charge in [-0.3, -0.25) is 9.78 Å². The predicted octanol–water partition coefficient (Wildman–Crippen LogP) is 1.89. The smallest absolute Gasteiger partial charge is 0.254 e. The second-order valence-corrected chi connectivity index (χ2v) is 5.43. The number of H-pyrrole nitrogens is 1. The molecule has 0 bridgehead atoms. The van der Waals surface area contributed by atoms with Crippen molar-refractivity contribution in [3.05, 3.63) is 45.3 Å². The first kappa shape index (κ1) is 13.0. The Morgan fingerprint density at radius 3 is 3.05 bits per heavy atom. The van der Waals surface area contributed by atoms with Crippen molar-refractivity contribution >= 4 is 21.6 Å². The minimum absolute atomic E-state index is 0.0618. The van der Waals surface area contributed by atoms with E-state index < -0.39 is 0 Å². The zero-order valence-corrected chi connectivity index (χ0v) is 11.7. The van der Waals surface area contributed by atoms with Crippen molar-refractivity contribution in [3.8, 4) is 11.4 Å². The van der Waals surface area contributed by atoms with Gasteiger partial charge >= 0.3 is 0 Å². The lowest BCUT2D eigenvalue weighted by Gasteiger charge is -2.06. The lowest BCUT2D eigenvalue weighted by atomic mass is 10.1. The molecule has 20 heavy (non-hydrogen) atoms. The van der Waals surface area contributed by atoms with Gasteiger partial charge in [-0.15, -0.1) is 11.3 Å². The Bertz CT molecular complexity index is 823. The highest BCUT2D eigenvalue weighted by Gasteiger charge is 2.10. The second kappa shape index (κ2) is 5.15. The van der Waals surface area contributed by atoms with E-state index in [-0.39, 0.29) is 12.2 Å². The summed E-state index contributed by atoms with van der Waals surface area (Å²) < 4.78 is 1.06. The van der Waals surface area contributed by atoms with Crippen molar-refractivity contribution in [2.75, 3.05) is 6.61 Å². The van der Waals surface area contributed by atoms with Crippen LogP contribution in [0.15, 0.2) is 28.5 Å². The summed E-state index contributed by atoms with van der Waals surface area (Å²) >= 11 is 1.60. The van der Waals surface area contributed by atoms with Crippen LogP contribution in [-0.4, -0.2) is 26.7 Å². The molecule has 102 valence electrons. The van der Waals surface area contributed by atoms with E-state index >= 15 is 0 Å². The second-order valence-electron chi connectivity index (χ2n) is 4.48.